The van der Waals surface area contributed by atoms with E-state index in [0.29, 0.717) is 17.2 Å². The van der Waals surface area contributed by atoms with Crippen molar-refractivity contribution in [2.45, 2.75) is 26.4 Å². The molecular formula is C23H24FN5O. The molecule has 0 aliphatic carbocycles. The largest absolute Gasteiger partial charge is 0.372 e. The maximum Gasteiger partial charge on any atom is 0.149 e. The quantitative estimate of drug-likeness (QED) is 0.500. The zero-order chi connectivity index (χ0) is 21.5. The molecule has 1 N–H and O–H groups in total. The number of hydrogen-bond donors (Lipinski definition) is 1. The standard InChI is InChI=1S/C23H24FN5O/c1-14-8-9-25-20(10-14)27-21-12-16(18(24)13-26-21)15-6-7-19-17(11-15)22(29(4)28-19)23(2,3)30-5/h6-13H,1-5H3,(H,25,26,27). The van der Waals surface area contributed by atoms with Gasteiger partial charge in [0.1, 0.15) is 23.1 Å². The van der Waals surface area contributed by atoms with Crippen LogP contribution < -0.4 is 5.32 Å². The molecule has 0 unspecified atom stereocenters. The van der Waals surface area contributed by atoms with E-state index in [1.807, 2.05) is 62.8 Å². The summed E-state index contributed by atoms with van der Waals surface area (Å²) >= 11 is 0. The van der Waals surface area contributed by atoms with Crippen LogP contribution in [0.25, 0.3) is 22.0 Å². The Hall–Kier alpha value is -3.32. The van der Waals surface area contributed by atoms with Crippen LogP contribution in [-0.4, -0.2) is 26.9 Å². The number of aromatic nitrogens is 4. The molecule has 30 heavy (non-hydrogen) atoms. The Labute approximate surface area is 174 Å². The molecule has 0 fully saturated rings. The van der Waals surface area contributed by atoms with E-state index < -0.39 is 11.4 Å². The molecule has 7 heteroatoms. The van der Waals surface area contributed by atoms with Crippen LogP contribution in [0.2, 0.25) is 0 Å². The van der Waals surface area contributed by atoms with Crippen molar-refractivity contribution in [3.05, 3.63) is 65.9 Å². The highest BCUT2D eigenvalue weighted by Crippen LogP contribution is 2.34. The molecular weight excluding hydrogens is 381 g/mol. The lowest BCUT2D eigenvalue weighted by atomic mass is 9.97. The van der Waals surface area contributed by atoms with E-state index >= 15 is 0 Å². The first-order valence-electron chi connectivity index (χ1n) is 9.66. The zero-order valence-corrected chi connectivity index (χ0v) is 17.7. The number of methoxy groups -OCH3 is 1. The Balaban J connectivity index is 1.79. The second-order valence-corrected chi connectivity index (χ2v) is 7.81. The van der Waals surface area contributed by atoms with Gasteiger partial charge in [-0.25, -0.2) is 14.4 Å². The normalized spacial score (nSPS) is 11.8. The van der Waals surface area contributed by atoms with Gasteiger partial charge in [-0.15, -0.1) is 0 Å². The lowest BCUT2D eigenvalue weighted by Crippen LogP contribution is -2.23. The lowest BCUT2D eigenvalue weighted by molar-refractivity contribution is 0.0136. The molecule has 0 bridgehead atoms. The minimum absolute atomic E-state index is 0.395. The third-order valence-corrected chi connectivity index (χ3v) is 5.25. The van der Waals surface area contributed by atoms with Crippen molar-refractivity contribution in [2.75, 3.05) is 12.4 Å². The second-order valence-electron chi connectivity index (χ2n) is 7.81. The van der Waals surface area contributed by atoms with Gasteiger partial charge in [-0.2, -0.15) is 5.10 Å². The lowest BCUT2D eigenvalue weighted by Gasteiger charge is -2.23. The average molecular weight is 405 g/mol. The second kappa shape index (κ2) is 7.50. The first-order chi connectivity index (χ1) is 14.3. The van der Waals surface area contributed by atoms with E-state index in [2.05, 4.69) is 20.4 Å². The number of ether oxygens (including phenoxy) is 1. The number of aryl methyl sites for hydroxylation is 2. The molecule has 4 rings (SSSR count). The summed E-state index contributed by atoms with van der Waals surface area (Å²) in [6, 6.07) is 11.2. The fraction of sp³-hybridized carbons (Fsp3) is 0.261. The zero-order valence-electron chi connectivity index (χ0n) is 17.7. The minimum atomic E-state index is -0.539. The Kier molecular flexibility index (Phi) is 4.99. The summed E-state index contributed by atoms with van der Waals surface area (Å²) in [7, 11) is 3.56. The van der Waals surface area contributed by atoms with Gasteiger partial charge in [-0.05, 0) is 62.2 Å². The fourth-order valence-corrected chi connectivity index (χ4v) is 3.64. The molecule has 0 spiro atoms. The van der Waals surface area contributed by atoms with E-state index in [-0.39, 0.29) is 0 Å². The number of fused-ring (bicyclic) bond motifs is 1. The summed E-state index contributed by atoms with van der Waals surface area (Å²) < 4.78 is 22.2. The molecule has 0 atom stereocenters. The monoisotopic (exact) mass is 405 g/mol. The summed E-state index contributed by atoms with van der Waals surface area (Å²) in [6.07, 6.45) is 2.94. The summed E-state index contributed by atoms with van der Waals surface area (Å²) in [6.45, 7) is 5.96. The van der Waals surface area contributed by atoms with E-state index in [0.717, 1.165) is 27.7 Å². The van der Waals surface area contributed by atoms with Crippen LogP contribution in [0.5, 0.6) is 0 Å². The average Bonchev–Trinajstić information content (AvgIpc) is 3.05. The summed E-state index contributed by atoms with van der Waals surface area (Å²) in [5.74, 6) is 0.786. The predicted molar refractivity (Wildman–Crippen MR) is 116 cm³/mol. The number of rotatable bonds is 5. The molecule has 0 aliphatic heterocycles. The van der Waals surface area contributed by atoms with E-state index in [1.165, 1.54) is 6.20 Å². The maximum absolute atomic E-state index is 14.7. The first-order valence-corrected chi connectivity index (χ1v) is 9.66. The highest BCUT2D eigenvalue weighted by Gasteiger charge is 2.27. The smallest absolute Gasteiger partial charge is 0.149 e. The number of benzene rings is 1. The molecule has 154 valence electrons. The van der Waals surface area contributed by atoms with Gasteiger partial charge in [0.2, 0.25) is 0 Å². The van der Waals surface area contributed by atoms with Gasteiger partial charge >= 0.3 is 0 Å². The first kappa shape index (κ1) is 20.0. The van der Waals surface area contributed by atoms with Gasteiger partial charge < -0.3 is 10.1 Å². The highest BCUT2D eigenvalue weighted by atomic mass is 19.1. The van der Waals surface area contributed by atoms with Gasteiger partial charge in [-0.1, -0.05) is 6.07 Å². The van der Waals surface area contributed by atoms with Crippen LogP contribution in [0.4, 0.5) is 16.0 Å². The molecule has 0 saturated heterocycles. The molecule has 0 saturated carbocycles. The maximum atomic E-state index is 14.7. The Morgan fingerprint density at radius 1 is 1.07 bits per heavy atom. The third kappa shape index (κ3) is 3.64. The van der Waals surface area contributed by atoms with Gasteiger partial charge in [0, 0.05) is 31.3 Å². The molecule has 0 amide bonds. The van der Waals surface area contributed by atoms with Crippen LogP contribution in [-0.2, 0) is 17.4 Å². The van der Waals surface area contributed by atoms with Crippen LogP contribution in [0.15, 0.2) is 48.8 Å². The van der Waals surface area contributed by atoms with Crippen LogP contribution in [0.3, 0.4) is 0 Å². The van der Waals surface area contributed by atoms with Crippen molar-refractivity contribution in [3.8, 4) is 11.1 Å². The number of nitrogens with one attached hydrogen (secondary N) is 1. The minimum Gasteiger partial charge on any atom is -0.372 e. The molecule has 4 aromatic rings. The molecule has 3 aromatic heterocycles. The predicted octanol–water partition coefficient (Wildman–Crippen LogP) is 5.10. The number of hydrogen-bond acceptors (Lipinski definition) is 5. The number of nitrogens with zero attached hydrogens (tertiary/aromatic N) is 4. The highest BCUT2D eigenvalue weighted by molar-refractivity contribution is 5.88. The van der Waals surface area contributed by atoms with Crippen molar-refractivity contribution >= 4 is 22.5 Å². The summed E-state index contributed by atoms with van der Waals surface area (Å²) in [5, 5.41) is 8.64. The SMILES string of the molecule is COC(C)(C)c1c2cc(-c3cc(Nc4cc(C)ccn4)ncc3F)ccc2nn1C. The van der Waals surface area contributed by atoms with Crippen molar-refractivity contribution in [2.24, 2.45) is 7.05 Å². The Bertz CT molecular complexity index is 1230. The molecule has 3 heterocycles. The molecule has 0 radical (unpaired) electrons. The van der Waals surface area contributed by atoms with Gasteiger partial charge in [0.05, 0.1) is 17.4 Å². The van der Waals surface area contributed by atoms with Crippen LogP contribution in [0, 0.1) is 12.7 Å². The molecule has 1 aromatic carbocycles. The van der Waals surface area contributed by atoms with Crippen LogP contribution >= 0.6 is 0 Å². The molecule has 6 nitrogen and oxygen atoms in total. The third-order valence-electron chi connectivity index (χ3n) is 5.25. The Morgan fingerprint density at radius 3 is 2.57 bits per heavy atom. The van der Waals surface area contributed by atoms with E-state index in [1.54, 1.807) is 19.4 Å². The number of anilines is 2. The van der Waals surface area contributed by atoms with Crippen molar-refractivity contribution in [1.82, 2.24) is 19.7 Å². The van der Waals surface area contributed by atoms with Crippen LogP contribution in [0.1, 0.15) is 25.1 Å². The fourth-order valence-electron chi connectivity index (χ4n) is 3.64. The Morgan fingerprint density at radius 2 is 1.83 bits per heavy atom. The van der Waals surface area contributed by atoms with Crippen molar-refractivity contribution in [3.63, 3.8) is 0 Å². The number of halogens is 1. The number of pyridine rings is 2. The van der Waals surface area contributed by atoms with Crippen molar-refractivity contribution < 1.29 is 9.13 Å². The summed E-state index contributed by atoms with van der Waals surface area (Å²) in [4.78, 5) is 8.44. The van der Waals surface area contributed by atoms with E-state index in [4.69, 9.17) is 4.74 Å². The topological polar surface area (TPSA) is 64.9 Å². The van der Waals surface area contributed by atoms with Crippen molar-refractivity contribution in [1.29, 1.82) is 0 Å². The van der Waals surface area contributed by atoms with Gasteiger partial charge in [0.25, 0.3) is 0 Å². The van der Waals surface area contributed by atoms with Gasteiger partial charge in [0.15, 0.2) is 0 Å². The van der Waals surface area contributed by atoms with Gasteiger partial charge in [-0.3, -0.25) is 4.68 Å². The molecule has 0 aliphatic rings. The summed E-state index contributed by atoms with van der Waals surface area (Å²) in [5.41, 5.74) is 3.49. The van der Waals surface area contributed by atoms with E-state index in [9.17, 15) is 4.39 Å².